The molecule has 5 nitrogen and oxygen atoms in total. The largest absolute Gasteiger partial charge is 0.497 e. The number of aliphatic hydroxyl groups excluding tert-OH is 1. The number of carbonyl (C=O) groups excluding carboxylic acids is 1. The quantitative estimate of drug-likeness (QED) is 0.775. The lowest BCUT2D eigenvalue weighted by Gasteiger charge is -2.06. The van der Waals surface area contributed by atoms with Crippen LogP contribution in [-0.2, 0) is 11.2 Å². The normalized spacial score (nSPS) is 9.76. The molecule has 0 heterocycles. The van der Waals surface area contributed by atoms with Gasteiger partial charge in [0, 0.05) is 6.54 Å². The Morgan fingerprint density at radius 3 is 2.65 bits per heavy atom. The van der Waals surface area contributed by atoms with E-state index < -0.39 is 6.09 Å². The van der Waals surface area contributed by atoms with E-state index in [9.17, 15) is 4.79 Å². The molecule has 0 radical (unpaired) electrons. The van der Waals surface area contributed by atoms with E-state index in [4.69, 9.17) is 9.84 Å². The molecule has 1 amide bonds. The highest BCUT2D eigenvalue weighted by atomic mass is 16.6. The van der Waals surface area contributed by atoms with E-state index in [1.54, 1.807) is 7.11 Å². The summed E-state index contributed by atoms with van der Waals surface area (Å²) in [6.07, 6.45) is 0.214. The molecule has 0 unspecified atom stereocenters. The Bertz CT molecular complexity index is 337. The first-order valence-electron chi connectivity index (χ1n) is 5.40. The molecule has 0 spiro atoms. The molecule has 0 saturated carbocycles. The number of benzene rings is 1. The van der Waals surface area contributed by atoms with Crippen molar-refractivity contribution in [2.75, 3.05) is 26.9 Å². The lowest BCUT2D eigenvalue weighted by molar-refractivity contribution is 0.119. The monoisotopic (exact) mass is 239 g/mol. The van der Waals surface area contributed by atoms with E-state index in [0.29, 0.717) is 6.54 Å². The van der Waals surface area contributed by atoms with Crippen molar-refractivity contribution in [3.05, 3.63) is 29.8 Å². The van der Waals surface area contributed by atoms with Crippen molar-refractivity contribution in [1.82, 2.24) is 5.32 Å². The molecule has 0 aliphatic carbocycles. The summed E-state index contributed by atoms with van der Waals surface area (Å²) in [6, 6.07) is 7.64. The SMILES string of the molecule is COc1ccc(CCNC(=O)OCCO)cc1. The van der Waals surface area contributed by atoms with Crippen molar-refractivity contribution >= 4 is 6.09 Å². The number of carbonyl (C=O) groups is 1. The number of aliphatic hydroxyl groups is 1. The van der Waals surface area contributed by atoms with E-state index in [1.807, 2.05) is 24.3 Å². The van der Waals surface area contributed by atoms with Crippen LogP contribution >= 0.6 is 0 Å². The highest BCUT2D eigenvalue weighted by Gasteiger charge is 2.00. The standard InChI is InChI=1S/C12H17NO4/c1-16-11-4-2-10(3-5-11)6-7-13-12(15)17-9-8-14/h2-5,14H,6-9H2,1H3,(H,13,15). The molecule has 0 fully saturated rings. The van der Waals surface area contributed by atoms with Gasteiger partial charge in [0.2, 0.25) is 0 Å². The third kappa shape index (κ3) is 5.21. The lowest BCUT2D eigenvalue weighted by Crippen LogP contribution is -2.27. The van der Waals surface area contributed by atoms with Crippen LogP contribution in [0, 0.1) is 0 Å². The smallest absolute Gasteiger partial charge is 0.407 e. The second-order valence-corrected chi connectivity index (χ2v) is 3.38. The van der Waals surface area contributed by atoms with Crippen molar-refractivity contribution < 1.29 is 19.4 Å². The Kier molecular flexibility index (Phi) is 5.88. The fourth-order valence-corrected chi connectivity index (χ4v) is 1.29. The molecule has 0 aliphatic rings. The Morgan fingerprint density at radius 2 is 2.06 bits per heavy atom. The van der Waals surface area contributed by atoms with E-state index in [1.165, 1.54) is 0 Å². The van der Waals surface area contributed by atoms with E-state index in [-0.39, 0.29) is 13.2 Å². The number of hydrogen-bond acceptors (Lipinski definition) is 4. The average Bonchev–Trinajstić information content (AvgIpc) is 2.37. The highest BCUT2D eigenvalue weighted by molar-refractivity contribution is 5.67. The minimum absolute atomic E-state index is 0.0222. The molecular formula is C12H17NO4. The maximum atomic E-state index is 11.0. The zero-order valence-electron chi connectivity index (χ0n) is 9.81. The summed E-state index contributed by atoms with van der Waals surface area (Å²) in [5.74, 6) is 0.809. The number of ether oxygens (including phenoxy) is 2. The number of nitrogens with one attached hydrogen (secondary N) is 1. The van der Waals surface area contributed by atoms with Crippen LogP contribution < -0.4 is 10.1 Å². The number of alkyl carbamates (subject to hydrolysis) is 1. The van der Waals surface area contributed by atoms with Crippen LogP contribution in [0.3, 0.4) is 0 Å². The summed E-state index contributed by atoms with van der Waals surface area (Å²) in [6.45, 7) is 0.358. The summed E-state index contributed by atoms with van der Waals surface area (Å²) in [7, 11) is 1.62. The molecule has 2 N–H and O–H groups in total. The third-order valence-electron chi connectivity index (χ3n) is 2.17. The maximum absolute atomic E-state index is 11.0. The van der Waals surface area contributed by atoms with Crippen LogP contribution in [0.4, 0.5) is 4.79 Å². The zero-order chi connectivity index (χ0) is 12.5. The highest BCUT2D eigenvalue weighted by Crippen LogP contribution is 2.11. The third-order valence-corrected chi connectivity index (χ3v) is 2.17. The van der Waals surface area contributed by atoms with Crippen LogP contribution in [0.2, 0.25) is 0 Å². The molecule has 1 aromatic carbocycles. The van der Waals surface area contributed by atoms with Gasteiger partial charge in [0.05, 0.1) is 13.7 Å². The number of methoxy groups -OCH3 is 1. The topological polar surface area (TPSA) is 67.8 Å². The van der Waals surface area contributed by atoms with Crippen molar-refractivity contribution in [1.29, 1.82) is 0 Å². The van der Waals surface area contributed by atoms with Crippen LogP contribution in [0.5, 0.6) is 5.75 Å². The first kappa shape index (κ1) is 13.3. The van der Waals surface area contributed by atoms with Gasteiger partial charge >= 0.3 is 6.09 Å². The lowest BCUT2D eigenvalue weighted by atomic mass is 10.1. The molecule has 1 rings (SSSR count). The van der Waals surface area contributed by atoms with Gasteiger partial charge in [-0.05, 0) is 24.1 Å². The van der Waals surface area contributed by atoms with Gasteiger partial charge in [0.25, 0.3) is 0 Å². The van der Waals surface area contributed by atoms with Crippen LogP contribution in [-0.4, -0.2) is 38.1 Å². The number of amides is 1. The van der Waals surface area contributed by atoms with Gasteiger partial charge in [0.1, 0.15) is 12.4 Å². The fraction of sp³-hybridized carbons (Fsp3) is 0.417. The molecular weight excluding hydrogens is 222 g/mol. The van der Waals surface area contributed by atoms with Crippen molar-refractivity contribution in [2.24, 2.45) is 0 Å². The summed E-state index contributed by atoms with van der Waals surface area (Å²) in [5, 5.41) is 11.0. The Balaban J connectivity index is 2.23. The van der Waals surface area contributed by atoms with Gasteiger partial charge in [-0.25, -0.2) is 4.79 Å². The van der Waals surface area contributed by atoms with Crippen LogP contribution in [0.15, 0.2) is 24.3 Å². The summed E-state index contributed by atoms with van der Waals surface area (Å²) in [5.41, 5.74) is 1.10. The molecule has 0 atom stereocenters. The zero-order valence-corrected chi connectivity index (χ0v) is 9.81. The van der Waals surface area contributed by atoms with Gasteiger partial charge in [-0.15, -0.1) is 0 Å². The van der Waals surface area contributed by atoms with Gasteiger partial charge < -0.3 is 19.9 Å². The molecule has 1 aromatic rings. The summed E-state index contributed by atoms with van der Waals surface area (Å²) in [4.78, 5) is 11.0. The van der Waals surface area contributed by atoms with Gasteiger partial charge in [0.15, 0.2) is 0 Å². The minimum atomic E-state index is -0.507. The molecule has 0 aliphatic heterocycles. The van der Waals surface area contributed by atoms with Crippen LogP contribution in [0.25, 0.3) is 0 Å². The minimum Gasteiger partial charge on any atom is -0.497 e. The molecule has 17 heavy (non-hydrogen) atoms. The Labute approximate surface area is 100 Å². The first-order chi connectivity index (χ1) is 8.26. The summed E-state index contributed by atoms with van der Waals surface area (Å²) >= 11 is 0. The molecule has 5 heteroatoms. The first-order valence-corrected chi connectivity index (χ1v) is 5.40. The molecule has 0 aromatic heterocycles. The molecule has 0 bridgehead atoms. The van der Waals surface area contributed by atoms with Gasteiger partial charge in [-0.3, -0.25) is 0 Å². The number of hydrogen-bond donors (Lipinski definition) is 2. The van der Waals surface area contributed by atoms with Gasteiger partial charge in [-0.1, -0.05) is 12.1 Å². The van der Waals surface area contributed by atoms with Crippen molar-refractivity contribution in [3.63, 3.8) is 0 Å². The van der Waals surface area contributed by atoms with Crippen molar-refractivity contribution in [2.45, 2.75) is 6.42 Å². The van der Waals surface area contributed by atoms with Crippen molar-refractivity contribution in [3.8, 4) is 5.75 Å². The predicted molar refractivity (Wildman–Crippen MR) is 63.1 cm³/mol. The van der Waals surface area contributed by atoms with Crippen LogP contribution in [0.1, 0.15) is 5.56 Å². The van der Waals surface area contributed by atoms with Gasteiger partial charge in [-0.2, -0.15) is 0 Å². The maximum Gasteiger partial charge on any atom is 0.407 e. The summed E-state index contributed by atoms with van der Waals surface area (Å²) < 4.78 is 9.69. The van der Waals surface area contributed by atoms with E-state index >= 15 is 0 Å². The Hall–Kier alpha value is -1.75. The van der Waals surface area contributed by atoms with E-state index in [0.717, 1.165) is 17.7 Å². The predicted octanol–water partition coefficient (Wildman–Crippen LogP) is 0.956. The average molecular weight is 239 g/mol. The fourth-order valence-electron chi connectivity index (χ4n) is 1.29. The second-order valence-electron chi connectivity index (χ2n) is 3.38. The number of rotatable bonds is 6. The Morgan fingerprint density at radius 1 is 1.35 bits per heavy atom. The molecule has 94 valence electrons. The molecule has 0 saturated heterocycles. The van der Waals surface area contributed by atoms with E-state index in [2.05, 4.69) is 10.1 Å². The second kappa shape index (κ2) is 7.51.